The van der Waals surface area contributed by atoms with Gasteiger partial charge in [-0.1, -0.05) is 54.1 Å². The third-order valence-corrected chi connectivity index (χ3v) is 3.52. The lowest BCUT2D eigenvalue weighted by atomic mass is 10.2. The highest BCUT2D eigenvalue weighted by Crippen LogP contribution is 2.29. The summed E-state index contributed by atoms with van der Waals surface area (Å²) in [5.41, 5.74) is 0.776. The van der Waals surface area contributed by atoms with Crippen molar-refractivity contribution >= 4 is 29.6 Å². The van der Waals surface area contributed by atoms with Crippen molar-refractivity contribution in [2.45, 2.75) is 33.3 Å². The molecule has 0 bridgehead atoms. The third-order valence-electron chi connectivity index (χ3n) is 3.23. The van der Waals surface area contributed by atoms with Crippen molar-refractivity contribution in [2.75, 3.05) is 11.9 Å². The number of aromatic nitrogens is 2. The molecule has 0 atom stereocenters. The van der Waals surface area contributed by atoms with Crippen LogP contribution in [0.5, 0.6) is 0 Å². The van der Waals surface area contributed by atoms with E-state index in [4.69, 9.17) is 16.3 Å². The summed E-state index contributed by atoms with van der Waals surface area (Å²) >= 11 is 6.36. The average Bonchev–Trinajstić information content (AvgIpc) is 2.55. The number of halogens is 1. The van der Waals surface area contributed by atoms with E-state index in [1.165, 1.54) is 4.90 Å². The Bertz CT molecular complexity index is 783. The Kier molecular flexibility index (Phi) is 5.80. The second-order valence-corrected chi connectivity index (χ2v) is 6.84. The predicted octanol–water partition coefficient (Wildman–Crippen LogP) is 5.20. The monoisotopic (exact) mass is 359 g/mol. The number of rotatable bonds is 3. The van der Waals surface area contributed by atoms with Crippen LogP contribution in [-0.2, 0) is 4.74 Å². The molecule has 0 saturated carbocycles. The fourth-order valence-corrected chi connectivity index (χ4v) is 2.36. The maximum absolute atomic E-state index is 12.5. The zero-order valence-electron chi connectivity index (χ0n) is 15.1. The van der Waals surface area contributed by atoms with E-state index >= 15 is 0 Å². The number of hydrogen-bond acceptors (Lipinski definition) is 4. The molecule has 0 aliphatic rings. The molecule has 1 heterocycles. The number of anilines is 1. The average molecular weight is 360 g/mol. The number of nitrogens with zero attached hydrogens (tertiary/aromatic N) is 3. The van der Waals surface area contributed by atoms with Gasteiger partial charge in [-0.3, -0.25) is 4.90 Å². The minimum atomic E-state index is -0.606. The van der Waals surface area contributed by atoms with E-state index < -0.39 is 11.7 Å². The number of hydrogen-bond donors (Lipinski definition) is 0. The fraction of sp³-hybridized carbons (Fsp3) is 0.316. The minimum absolute atomic E-state index is 0.275. The van der Waals surface area contributed by atoms with E-state index in [0.717, 1.165) is 5.56 Å². The van der Waals surface area contributed by atoms with Crippen LogP contribution in [0.3, 0.4) is 0 Å². The molecule has 0 aliphatic carbocycles. The summed E-state index contributed by atoms with van der Waals surface area (Å²) in [4.78, 5) is 22.7. The Morgan fingerprint density at radius 3 is 2.40 bits per heavy atom. The van der Waals surface area contributed by atoms with Crippen molar-refractivity contribution in [3.05, 3.63) is 47.1 Å². The SMILES string of the molecule is C/C=C/c1c(Cl)nc(-c2ccccc2)nc1N(C)C(=O)OC(C)(C)C. The van der Waals surface area contributed by atoms with Gasteiger partial charge in [-0.15, -0.1) is 0 Å². The maximum atomic E-state index is 12.5. The summed E-state index contributed by atoms with van der Waals surface area (Å²) < 4.78 is 5.43. The van der Waals surface area contributed by atoms with Crippen molar-refractivity contribution in [3.63, 3.8) is 0 Å². The quantitative estimate of drug-likeness (QED) is 0.706. The molecule has 5 nitrogen and oxygen atoms in total. The zero-order valence-corrected chi connectivity index (χ0v) is 15.8. The Hall–Kier alpha value is -2.40. The maximum Gasteiger partial charge on any atom is 0.415 e. The van der Waals surface area contributed by atoms with Gasteiger partial charge in [0, 0.05) is 12.6 Å². The minimum Gasteiger partial charge on any atom is -0.443 e. The van der Waals surface area contributed by atoms with Gasteiger partial charge in [0.25, 0.3) is 0 Å². The molecule has 0 spiro atoms. The zero-order chi connectivity index (χ0) is 18.6. The Labute approximate surface area is 153 Å². The van der Waals surface area contributed by atoms with Crippen molar-refractivity contribution in [1.82, 2.24) is 9.97 Å². The summed E-state index contributed by atoms with van der Waals surface area (Å²) in [6.07, 6.45) is 3.08. The highest BCUT2D eigenvalue weighted by molar-refractivity contribution is 6.31. The molecule has 0 N–H and O–H groups in total. The van der Waals surface area contributed by atoms with Crippen LogP contribution < -0.4 is 4.90 Å². The van der Waals surface area contributed by atoms with Crippen molar-refractivity contribution in [1.29, 1.82) is 0 Å². The van der Waals surface area contributed by atoms with E-state index in [-0.39, 0.29) is 5.15 Å². The first-order valence-electron chi connectivity index (χ1n) is 7.95. The standard InChI is InChI=1S/C19H22ClN3O2/c1-6-10-14-15(20)21-16(13-11-8-7-9-12-13)22-17(14)23(5)18(24)25-19(2,3)4/h6-12H,1-5H3/b10-6+. The molecular formula is C19H22ClN3O2. The van der Waals surface area contributed by atoms with Gasteiger partial charge in [-0.25, -0.2) is 14.8 Å². The van der Waals surface area contributed by atoms with Crippen LogP contribution in [0.15, 0.2) is 36.4 Å². The largest absolute Gasteiger partial charge is 0.443 e. The van der Waals surface area contributed by atoms with Gasteiger partial charge in [-0.05, 0) is 27.7 Å². The lowest BCUT2D eigenvalue weighted by molar-refractivity contribution is 0.0588. The second kappa shape index (κ2) is 7.66. The van der Waals surface area contributed by atoms with Crippen LogP contribution >= 0.6 is 11.6 Å². The summed E-state index contributed by atoms with van der Waals surface area (Å²) in [6.45, 7) is 7.30. The molecule has 2 rings (SSSR count). The Morgan fingerprint density at radius 1 is 1.20 bits per heavy atom. The van der Waals surface area contributed by atoms with Crippen LogP contribution in [0.2, 0.25) is 5.15 Å². The van der Waals surface area contributed by atoms with Gasteiger partial charge in [0.2, 0.25) is 0 Å². The van der Waals surface area contributed by atoms with Crippen LogP contribution in [0, 0.1) is 0 Å². The number of benzene rings is 1. The molecule has 0 unspecified atom stereocenters. The van der Waals surface area contributed by atoms with Crippen molar-refractivity contribution < 1.29 is 9.53 Å². The molecule has 6 heteroatoms. The van der Waals surface area contributed by atoms with Crippen LogP contribution in [0.25, 0.3) is 17.5 Å². The first-order valence-corrected chi connectivity index (χ1v) is 8.33. The molecule has 0 fully saturated rings. The van der Waals surface area contributed by atoms with Gasteiger partial charge in [0.1, 0.15) is 10.8 Å². The highest BCUT2D eigenvalue weighted by atomic mass is 35.5. The Balaban J connectivity index is 2.53. The molecule has 1 amide bonds. The van der Waals surface area contributed by atoms with Crippen molar-refractivity contribution in [2.24, 2.45) is 0 Å². The van der Waals surface area contributed by atoms with Gasteiger partial charge >= 0.3 is 6.09 Å². The first-order chi connectivity index (χ1) is 11.7. The summed E-state index contributed by atoms with van der Waals surface area (Å²) in [5.74, 6) is 0.843. The predicted molar refractivity (Wildman–Crippen MR) is 102 cm³/mol. The van der Waals surface area contributed by atoms with Gasteiger partial charge in [0.15, 0.2) is 11.6 Å². The van der Waals surface area contributed by atoms with E-state index in [2.05, 4.69) is 9.97 Å². The highest BCUT2D eigenvalue weighted by Gasteiger charge is 2.24. The lowest BCUT2D eigenvalue weighted by Crippen LogP contribution is -2.35. The summed E-state index contributed by atoms with van der Waals surface area (Å²) in [5, 5.41) is 0.275. The number of carbonyl (C=O) groups excluding carboxylic acids is 1. The number of ether oxygens (including phenoxy) is 1. The van der Waals surface area contributed by atoms with E-state index in [1.807, 2.05) is 64.1 Å². The smallest absolute Gasteiger partial charge is 0.415 e. The van der Waals surface area contributed by atoms with Crippen LogP contribution in [-0.4, -0.2) is 28.7 Å². The third kappa shape index (κ3) is 4.79. The first kappa shape index (κ1) is 18.9. The number of carbonyl (C=O) groups is 1. The number of allylic oxidation sites excluding steroid dienone is 1. The van der Waals surface area contributed by atoms with Gasteiger partial charge < -0.3 is 4.74 Å². The van der Waals surface area contributed by atoms with Gasteiger partial charge in [0.05, 0.1) is 5.56 Å². The summed E-state index contributed by atoms with van der Waals surface area (Å²) in [7, 11) is 1.61. The molecule has 0 aliphatic heterocycles. The molecule has 132 valence electrons. The second-order valence-electron chi connectivity index (χ2n) is 6.48. The van der Waals surface area contributed by atoms with E-state index in [9.17, 15) is 4.79 Å². The summed E-state index contributed by atoms with van der Waals surface area (Å²) in [6, 6.07) is 9.47. The molecule has 2 aromatic rings. The normalized spacial score (nSPS) is 11.6. The molecule has 0 saturated heterocycles. The lowest BCUT2D eigenvalue weighted by Gasteiger charge is -2.25. The topological polar surface area (TPSA) is 55.3 Å². The van der Waals surface area contributed by atoms with E-state index in [0.29, 0.717) is 17.2 Å². The van der Waals surface area contributed by atoms with Crippen molar-refractivity contribution in [3.8, 4) is 11.4 Å². The van der Waals surface area contributed by atoms with Crippen LogP contribution in [0.1, 0.15) is 33.3 Å². The van der Waals surface area contributed by atoms with Crippen LogP contribution in [0.4, 0.5) is 10.6 Å². The molecule has 25 heavy (non-hydrogen) atoms. The molecular weight excluding hydrogens is 338 g/mol. The molecule has 1 aromatic carbocycles. The molecule has 1 aromatic heterocycles. The molecule has 0 radical (unpaired) electrons. The Morgan fingerprint density at radius 2 is 1.84 bits per heavy atom. The van der Waals surface area contributed by atoms with E-state index in [1.54, 1.807) is 13.1 Å². The van der Waals surface area contributed by atoms with Gasteiger partial charge in [-0.2, -0.15) is 0 Å². The number of amides is 1. The fourth-order valence-electron chi connectivity index (χ4n) is 2.13.